The molecule has 0 aromatic heterocycles. The molecule has 0 unspecified atom stereocenters. The summed E-state index contributed by atoms with van der Waals surface area (Å²) in [6.45, 7) is 1.42. The van der Waals surface area contributed by atoms with Gasteiger partial charge in [0.15, 0.2) is 0 Å². The number of aliphatic carboxylic acids is 1. The zero-order valence-electron chi connectivity index (χ0n) is 4.51. The van der Waals surface area contributed by atoms with E-state index in [1.165, 1.54) is 6.92 Å². The van der Waals surface area contributed by atoms with Crippen LogP contribution in [0, 0.1) is 0 Å². The topological polar surface area (TPSA) is 63.3 Å². The van der Waals surface area contributed by atoms with E-state index in [9.17, 15) is 4.79 Å². The van der Waals surface area contributed by atoms with E-state index in [1.54, 1.807) is 0 Å². The van der Waals surface area contributed by atoms with Crippen molar-refractivity contribution in [2.75, 3.05) is 0 Å². The van der Waals surface area contributed by atoms with Crippen LogP contribution >= 0.6 is 0 Å². The second kappa shape index (κ2) is 4.59. The fourth-order valence-corrected chi connectivity index (χ4v) is 0. The number of rotatable bonds is 1. The summed E-state index contributed by atoms with van der Waals surface area (Å²) in [7, 11) is 0. The van der Waals surface area contributed by atoms with Crippen LogP contribution in [0.5, 0.6) is 0 Å². The maximum absolute atomic E-state index is 9.57. The van der Waals surface area contributed by atoms with Crippen molar-refractivity contribution < 1.29 is 39.5 Å². The maximum Gasteiger partial charge on any atom is 1.00 e. The molecule has 0 fully saturated rings. The van der Waals surface area contributed by atoms with Crippen molar-refractivity contribution in [3.05, 3.63) is 0 Å². The van der Waals surface area contributed by atoms with Gasteiger partial charge < -0.3 is 10.8 Å². The Morgan fingerprint density at radius 2 is 2.00 bits per heavy atom. The summed E-state index contributed by atoms with van der Waals surface area (Å²) in [5.74, 6) is -0.963. The fourth-order valence-electron chi connectivity index (χ4n) is 0. The number of carboxylic acids is 1. The van der Waals surface area contributed by atoms with Gasteiger partial charge in [-0.1, -0.05) is 0 Å². The van der Waals surface area contributed by atoms with Crippen LogP contribution < -0.4 is 35.3 Å². The minimum absolute atomic E-state index is 0. The Morgan fingerprint density at radius 1 is 1.86 bits per heavy atom. The van der Waals surface area contributed by atoms with Crippen molar-refractivity contribution in [3.8, 4) is 0 Å². The van der Waals surface area contributed by atoms with Gasteiger partial charge in [0, 0.05) is 0 Å². The molecule has 3 N–H and O–H groups in total. The normalized spacial score (nSPS) is 11.7. The van der Waals surface area contributed by atoms with Crippen LogP contribution in [0.25, 0.3) is 0 Å². The van der Waals surface area contributed by atoms with Crippen molar-refractivity contribution in [2.24, 2.45) is 5.73 Å². The first-order valence-electron chi connectivity index (χ1n) is 1.63. The first-order chi connectivity index (χ1) is 2.64. The van der Waals surface area contributed by atoms with Gasteiger partial charge >= 0.3 is 35.5 Å². The molecule has 0 aliphatic carbocycles. The minimum atomic E-state index is -0.963. The molecule has 1 atom stereocenters. The zero-order valence-corrected chi connectivity index (χ0v) is 6.51. The summed E-state index contributed by atoms with van der Waals surface area (Å²) in [5, 5.41) is 7.87. The van der Waals surface area contributed by atoms with Crippen LogP contribution in [0.4, 0.5) is 0 Å². The van der Waals surface area contributed by atoms with E-state index in [4.69, 9.17) is 10.8 Å². The molecule has 36 valence electrons. The largest absolute Gasteiger partial charge is 1.00 e. The second-order valence-corrected chi connectivity index (χ2v) is 1.13. The Labute approximate surface area is 64.2 Å². The number of hydrogen-bond acceptors (Lipinski definition) is 2. The molecular formula is C3H7NNaO2+. The SMILES string of the molecule is C[C@H](N)C(=O)O.[Na+]. The van der Waals surface area contributed by atoms with Crippen molar-refractivity contribution in [1.29, 1.82) is 0 Å². The molecule has 0 saturated heterocycles. The standard InChI is InChI=1S/C3H7NO2.Na/c1-2(4)3(5)6;/h2H,4H2,1H3,(H,5,6);/q;+1/t2-;/m0./s1. The summed E-state index contributed by atoms with van der Waals surface area (Å²) < 4.78 is 0. The zero-order chi connectivity index (χ0) is 5.15. The summed E-state index contributed by atoms with van der Waals surface area (Å²) in [4.78, 5) is 9.57. The Hall–Kier alpha value is 0.430. The molecule has 0 bridgehead atoms. The number of carboxylic acid groups (broad SMARTS) is 1. The molecular weight excluding hydrogens is 105 g/mol. The first kappa shape index (κ1) is 10.4. The van der Waals surface area contributed by atoms with Gasteiger partial charge in [0.25, 0.3) is 0 Å². The second-order valence-electron chi connectivity index (χ2n) is 1.13. The molecule has 3 nitrogen and oxygen atoms in total. The summed E-state index contributed by atoms with van der Waals surface area (Å²) in [5.41, 5.74) is 4.84. The van der Waals surface area contributed by atoms with Crippen LogP contribution in [0.1, 0.15) is 6.92 Å². The smallest absolute Gasteiger partial charge is 0.480 e. The number of nitrogens with two attached hydrogens (primary N) is 1. The quantitative estimate of drug-likeness (QED) is 0.345. The predicted molar refractivity (Wildman–Crippen MR) is 21.3 cm³/mol. The molecule has 0 aromatic rings. The van der Waals surface area contributed by atoms with Gasteiger partial charge in [-0.2, -0.15) is 0 Å². The third kappa shape index (κ3) is 6.43. The molecule has 4 heteroatoms. The van der Waals surface area contributed by atoms with Gasteiger partial charge in [0.1, 0.15) is 6.04 Å². The van der Waals surface area contributed by atoms with Crippen LogP contribution in [0.15, 0.2) is 0 Å². The van der Waals surface area contributed by atoms with Gasteiger partial charge in [-0.15, -0.1) is 0 Å². The minimum Gasteiger partial charge on any atom is -0.480 e. The molecule has 0 aliphatic heterocycles. The van der Waals surface area contributed by atoms with Crippen molar-refractivity contribution in [2.45, 2.75) is 13.0 Å². The van der Waals surface area contributed by atoms with Gasteiger partial charge in [0.05, 0.1) is 0 Å². The molecule has 0 radical (unpaired) electrons. The van der Waals surface area contributed by atoms with Gasteiger partial charge in [-0.25, -0.2) is 0 Å². The van der Waals surface area contributed by atoms with E-state index in [-0.39, 0.29) is 29.6 Å². The molecule has 0 rings (SSSR count). The average Bonchev–Trinajstić information content (AvgIpc) is 1.36. The molecule has 0 spiro atoms. The molecule has 0 heterocycles. The molecule has 0 aliphatic rings. The van der Waals surface area contributed by atoms with Gasteiger partial charge in [0.2, 0.25) is 0 Å². The predicted octanol–water partition coefficient (Wildman–Crippen LogP) is -3.58. The van der Waals surface area contributed by atoms with Crippen molar-refractivity contribution in [3.63, 3.8) is 0 Å². The van der Waals surface area contributed by atoms with Gasteiger partial charge in [-0.05, 0) is 6.92 Å². The molecule has 0 aromatic carbocycles. The van der Waals surface area contributed by atoms with Crippen molar-refractivity contribution >= 4 is 5.97 Å². The maximum atomic E-state index is 9.57. The van der Waals surface area contributed by atoms with E-state index in [1.807, 2.05) is 0 Å². The monoisotopic (exact) mass is 112 g/mol. The third-order valence-electron chi connectivity index (χ3n) is 0.390. The Morgan fingerprint density at radius 3 is 2.00 bits per heavy atom. The van der Waals surface area contributed by atoms with Crippen LogP contribution in [0.2, 0.25) is 0 Å². The average molecular weight is 112 g/mol. The number of hydrogen-bond donors (Lipinski definition) is 2. The van der Waals surface area contributed by atoms with Crippen LogP contribution in [-0.2, 0) is 4.79 Å². The van der Waals surface area contributed by atoms with Crippen LogP contribution in [-0.4, -0.2) is 17.1 Å². The van der Waals surface area contributed by atoms with E-state index in [0.29, 0.717) is 0 Å². The molecule has 0 saturated carbocycles. The summed E-state index contributed by atoms with van der Waals surface area (Å²) in [6.07, 6.45) is 0. The third-order valence-corrected chi connectivity index (χ3v) is 0.390. The molecule has 7 heavy (non-hydrogen) atoms. The first-order valence-corrected chi connectivity index (χ1v) is 1.63. The van der Waals surface area contributed by atoms with E-state index in [2.05, 4.69) is 0 Å². The van der Waals surface area contributed by atoms with E-state index in [0.717, 1.165) is 0 Å². The van der Waals surface area contributed by atoms with Gasteiger partial charge in [-0.3, -0.25) is 4.79 Å². The Kier molecular flexibility index (Phi) is 6.82. The fraction of sp³-hybridized carbons (Fsp3) is 0.667. The summed E-state index contributed by atoms with van der Waals surface area (Å²) >= 11 is 0. The Bertz CT molecular complexity index is 64.0. The van der Waals surface area contributed by atoms with Crippen LogP contribution in [0.3, 0.4) is 0 Å². The van der Waals surface area contributed by atoms with Crippen molar-refractivity contribution in [1.82, 2.24) is 0 Å². The van der Waals surface area contributed by atoms with E-state index < -0.39 is 12.0 Å². The number of carbonyl (C=O) groups is 1. The van der Waals surface area contributed by atoms with E-state index >= 15 is 0 Å². The Balaban J connectivity index is 0. The summed E-state index contributed by atoms with van der Waals surface area (Å²) in [6, 6.07) is -0.731. The molecule has 0 amide bonds.